The summed E-state index contributed by atoms with van der Waals surface area (Å²) >= 11 is 0. The van der Waals surface area contributed by atoms with Crippen LogP contribution < -0.4 is 25.0 Å². The van der Waals surface area contributed by atoms with E-state index in [1.165, 1.54) is 28.4 Å². The van der Waals surface area contributed by atoms with Crippen LogP contribution in [0, 0.1) is 5.92 Å². The van der Waals surface area contributed by atoms with E-state index in [0.717, 1.165) is 5.01 Å². The third-order valence-electron chi connectivity index (χ3n) is 3.79. The van der Waals surface area contributed by atoms with Crippen molar-refractivity contribution in [2.75, 3.05) is 40.3 Å². The Labute approximate surface area is 150 Å². The summed E-state index contributed by atoms with van der Waals surface area (Å²) in [6.45, 7) is -0.00529. The first-order chi connectivity index (χ1) is 12.4. The van der Waals surface area contributed by atoms with Crippen molar-refractivity contribution >= 4 is 23.6 Å². The van der Waals surface area contributed by atoms with Crippen molar-refractivity contribution in [3.8, 4) is 17.2 Å². The molecule has 3 amide bonds. The van der Waals surface area contributed by atoms with Gasteiger partial charge in [-0.05, 0) is 0 Å². The molecule has 1 heterocycles. The van der Waals surface area contributed by atoms with Crippen LogP contribution >= 0.6 is 0 Å². The maximum absolute atomic E-state index is 12.5. The fourth-order valence-electron chi connectivity index (χ4n) is 2.55. The molecule has 1 atom stereocenters. The van der Waals surface area contributed by atoms with Crippen LogP contribution in [-0.4, -0.2) is 57.9 Å². The average Bonchev–Trinajstić information content (AvgIpc) is 2.65. The number of ether oxygens (including phenoxy) is 4. The summed E-state index contributed by atoms with van der Waals surface area (Å²) in [5.41, 5.74) is 2.77. The first-order valence-corrected chi connectivity index (χ1v) is 7.69. The predicted molar refractivity (Wildman–Crippen MR) is 90.1 cm³/mol. The topological polar surface area (TPSA) is 115 Å². The normalized spacial score (nSPS) is 16.4. The van der Waals surface area contributed by atoms with E-state index in [4.69, 9.17) is 14.2 Å². The van der Waals surface area contributed by atoms with Crippen LogP contribution in [0.1, 0.15) is 6.42 Å². The van der Waals surface area contributed by atoms with Gasteiger partial charge in [-0.3, -0.25) is 15.0 Å². The lowest BCUT2D eigenvalue weighted by Gasteiger charge is -2.31. The molecule has 0 saturated carbocycles. The Balaban J connectivity index is 2.18. The number of nitrogens with one attached hydrogen (secondary N) is 2. The van der Waals surface area contributed by atoms with Crippen LogP contribution in [0.2, 0.25) is 0 Å². The molecule has 142 valence electrons. The Kier molecular flexibility index (Phi) is 6.10. The first-order valence-electron chi connectivity index (χ1n) is 7.69. The molecule has 0 bridgehead atoms. The third kappa shape index (κ3) is 4.08. The molecule has 2 rings (SSSR count). The van der Waals surface area contributed by atoms with Gasteiger partial charge in [-0.2, -0.15) is 0 Å². The van der Waals surface area contributed by atoms with Crippen molar-refractivity contribution in [3.05, 3.63) is 12.1 Å². The fourth-order valence-corrected chi connectivity index (χ4v) is 2.55. The lowest BCUT2D eigenvalue weighted by molar-refractivity contribution is -0.151. The van der Waals surface area contributed by atoms with E-state index >= 15 is 0 Å². The van der Waals surface area contributed by atoms with Crippen LogP contribution in [0.4, 0.5) is 10.5 Å². The van der Waals surface area contributed by atoms with Gasteiger partial charge in [0, 0.05) is 18.6 Å². The average molecular weight is 367 g/mol. The zero-order valence-corrected chi connectivity index (χ0v) is 15.0. The van der Waals surface area contributed by atoms with Gasteiger partial charge in [-0.25, -0.2) is 9.80 Å². The Morgan fingerprint density at radius 3 is 2.23 bits per heavy atom. The highest BCUT2D eigenvalue weighted by Crippen LogP contribution is 2.40. The summed E-state index contributed by atoms with van der Waals surface area (Å²) in [6, 6.07) is 2.47. The van der Waals surface area contributed by atoms with E-state index in [2.05, 4.69) is 15.5 Å². The lowest BCUT2D eigenvalue weighted by Crippen LogP contribution is -2.56. The number of hydrazine groups is 1. The molecule has 0 spiro atoms. The van der Waals surface area contributed by atoms with Crippen molar-refractivity contribution in [2.24, 2.45) is 5.92 Å². The molecule has 1 aliphatic heterocycles. The molecule has 1 aliphatic rings. The molecular formula is C16H21N3O7. The smallest absolute Gasteiger partial charge is 0.340 e. The van der Waals surface area contributed by atoms with Crippen molar-refractivity contribution < 1.29 is 33.3 Å². The maximum atomic E-state index is 12.5. The summed E-state index contributed by atoms with van der Waals surface area (Å²) in [4.78, 5) is 35.9. The number of carbonyl (C=O) groups is 3. The van der Waals surface area contributed by atoms with Gasteiger partial charge in [0.1, 0.15) is 0 Å². The summed E-state index contributed by atoms with van der Waals surface area (Å²) in [6.07, 6.45) is -0.0410. The minimum atomic E-state index is -0.723. The van der Waals surface area contributed by atoms with E-state index in [9.17, 15) is 14.4 Å². The van der Waals surface area contributed by atoms with Crippen LogP contribution in [0.25, 0.3) is 0 Å². The molecule has 1 fully saturated rings. The molecule has 1 aromatic rings. The number of methoxy groups -OCH3 is 4. The van der Waals surface area contributed by atoms with Crippen molar-refractivity contribution in [2.45, 2.75) is 6.42 Å². The number of esters is 1. The van der Waals surface area contributed by atoms with E-state index in [1.807, 2.05) is 0 Å². The molecule has 0 aliphatic carbocycles. The summed E-state index contributed by atoms with van der Waals surface area (Å²) in [7, 11) is 5.60. The summed E-state index contributed by atoms with van der Waals surface area (Å²) < 4.78 is 20.3. The predicted octanol–water partition coefficient (Wildman–Crippen LogP) is 0.770. The zero-order valence-electron chi connectivity index (χ0n) is 15.0. The summed E-state index contributed by atoms with van der Waals surface area (Å²) in [5, 5.41) is 3.64. The highest BCUT2D eigenvalue weighted by Gasteiger charge is 2.33. The van der Waals surface area contributed by atoms with Gasteiger partial charge in [-0.15, -0.1) is 0 Å². The quantitative estimate of drug-likeness (QED) is 0.739. The highest BCUT2D eigenvalue weighted by molar-refractivity contribution is 5.93. The number of carbonyl (C=O) groups excluding carboxylic acids is 3. The van der Waals surface area contributed by atoms with E-state index in [-0.39, 0.29) is 13.0 Å². The minimum Gasteiger partial charge on any atom is -0.493 e. The van der Waals surface area contributed by atoms with E-state index < -0.39 is 23.8 Å². The Morgan fingerprint density at radius 1 is 1.12 bits per heavy atom. The van der Waals surface area contributed by atoms with Gasteiger partial charge >= 0.3 is 12.0 Å². The second kappa shape index (κ2) is 8.28. The first kappa shape index (κ1) is 19.2. The highest BCUT2D eigenvalue weighted by atomic mass is 16.5. The Morgan fingerprint density at radius 2 is 1.73 bits per heavy atom. The maximum Gasteiger partial charge on any atom is 0.340 e. The minimum absolute atomic E-state index is 0.00529. The van der Waals surface area contributed by atoms with Gasteiger partial charge in [0.15, 0.2) is 11.5 Å². The van der Waals surface area contributed by atoms with Crippen molar-refractivity contribution in [3.63, 3.8) is 0 Å². The number of anilines is 1. The van der Waals surface area contributed by atoms with E-state index in [1.54, 1.807) is 12.1 Å². The molecule has 0 radical (unpaired) electrons. The van der Waals surface area contributed by atoms with Crippen LogP contribution in [0.5, 0.6) is 17.2 Å². The monoisotopic (exact) mass is 367 g/mol. The second-order valence-electron chi connectivity index (χ2n) is 5.41. The number of nitrogens with zero attached hydrogens (tertiary/aromatic N) is 1. The van der Waals surface area contributed by atoms with Crippen molar-refractivity contribution in [1.82, 2.24) is 10.4 Å². The molecular weight excluding hydrogens is 346 g/mol. The number of rotatable bonds is 5. The Hall–Kier alpha value is -3.17. The molecule has 10 nitrogen and oxygen atoms in total. The van der Waals surface area contributed by atoms with Crippen LogP contribution in [-0.2, 0) is 14.3 Å². The SMILES string of the molecule is COC(=O)C1CC(=O)NN(C(=O)Nc2cc(OC)c(OC)c(OC)c2)C1. The Bertz CT molecular complexity index is 682. The molecule has 1 aromatic carbocycles. The summed E-state index contributed by atoms with van der Waals surface area (Å²) in [5.74, 6) is -0.629. The van der Waals surface area contributed by atoms with Gasteiger partial charge in [0.25, 0.3) is 0 Å². The van der Waals surface area contributed by atoms with Crippen LogP contribution in [0.3, 0.4) is 0 Å². The van der Waals surface area contributed by atoms with Gasteiger partial charge in [0.2, 0.25) is 11.7 Å². The largest absolute Gasteiger partial charge is 0.493 e. The molecule has 26 heavy (non-hydrogen) atoms. The second-order valence-corrected chi connectivity index (χ2v) is 5.41. The molecule has 1 saturated heterocycles. The molecule has 2 N–H and O–H groups in total. The van der Waals surface area contributed by atoms with Gasteiger partial charge in [0.05, 0.1) is 46.6 Å². The lowest BCUT2D eigenvalue weighted by atomic mass is 10.0. The number of amides is 3. The number of hydrogen-bond donors (Lipinski definition) is 2. The molecule has 0 aromatic heterocycles. The van der Waals surface area contributed by atoms with Gasteiger partial charge in [-0.1, -0.05) is 0 Å². The zero-order chi connectivity index (χ0) is 19.3. The fraction of sp³-hybridized carbons (Fsp3) is 0.438. The van der Waals surface area contributed by atoms with Gasteiger partial charge < -0.3 is 24.3 Å². The number of benzene rings is 1. The third-order valence-corrected chi connectivity index (χ3v) is 3.79. The standard InChI is InChI=1S/C16H21N3O7/c1-23-11-6-10(7-12(24-2)14(11)25-3)17-16(22)19-8-9(15(21)26-4)5-13(20)18-19/h6-7,9H,5,8H2,1-4H3,(H,17,22)(H,18,20). The molecule has 10 heteroatoms. The number of hydrogen-bond acceptors (Lipinski definition) is 7. The number of urea groups is 1. The van der Waals surface area contributed by atoms with Crippen LogP contribution in [0.15, 0.2) is 12.1 Å². The van der Waals surface area contributed by atoms with Crippen molar-refractivity contribution in [1.29, 1.82) is 0 Å². The molecule has 1 unspecified atom stereocenters. The van der Waals surface area contributed by atoms with E-state index in [0.29, 0.717) is 22.9 Å².